The molecule has 12 N–H and O–H groups in total. The summed E-state index contributed by atoms with van der Waals surface area (Å²) in [5.74, 6) is 3.84. The molecule has 5 fully saturated rings. The number of likely N-dealkylation sites (N-methyl/N-ethyl adjacent to an activating group) is 3. The maximum Gasteiger partial charge on any atom is 0.227 e. The standard InChI is InChI=1S/C31H31N9.C30H33N9O.C30H35N9.C21H17N7O/c1-39-9-11-40(12-10-39)28-20-34-19-27-30(28)36-31(35-27)29-25-14-23(7-8-26(25)37-38-29)24-13-22(17-33-18-24)16-32-15-21-5-3-2-4-6-21;1-38-9-11-39(12-10-38)26-18-32-17-25-28(26)35-29(34-25)27-23-14-20(7-8-24(23)36-37-27)21-13-22(16-31-15-21)33-30(40)19-5-3-2-4-6-19;1-38-8-10-39(11-9-38)27-19-33-18-26-29(27)35-30(34-26)28-24-13-22(6-7-25(24)36-37-28)23-12-21(16-32-17-23)15-31-14-20-4-2-3-5-20;1-2-19(29)24-14-7-13(9-23-10-14)12-3-4-16-15(8-12)20(28-27-16)21-25-17-5-6-22-11-18(17)26-21/h2-8,13-14,17-20,32H,9-12,15-16H2,1H3,(H,35,36)(H,37,38);7-8,13-19H,2-6,9-12H2,1H3,(H,33,40)(H,34,35)(H,36,37);6-7,12-13,16-20,31H,2-5,8-11,14-15H2,1H3,(H,34,35)(H,36,37);3-11H,2H2,1H3,(H,24,29)(H,25,26)(H,27,28). The molecule has 2 amide bonds. The molecule has 0 atom stereocenters. The van der Waals surface area contributed by atoms with Crippen molar-refractivity contribution in [1.82, 2.24) is 146 Å². The van der Waals surface area contributed by atoms with E-state index in [0.29, 0.717) is 23.8 Å². The molecule has 0 unspecified atom stereocenters. The third-order valence-corrected chi connectivity index (χ3v) is 29.1. The number of imidazole rings is 4. The number of fused-ring (bicyclic) bond motifs is 8. The molecule has 5 aliphatic rings. The van der Waals surface area contributed by atoms with Gasteiger partial charge in [-0.15, -0.1) is 0 Å². The maximum atomic E-state index is 12.8. The van der Waals surface area contributed by atoms with E-state index in [4.69, 9.17) is 15.0 Å². The Morgan fingerprint density at radius 3 is 1.13 bits per heavy atom. The Morgan fingerprint density at radius 2 is 0.703 bits per heavy atom. The van der Waals surface area contributed by atoms with Crippen molar-refractivity contribution in [3.8, 4) is 90.6 Å². The number of aromatic amines is 8. The van der Waals surface area contributed by atoms with Crippen LogP contribution in [0.5, 0.6) is 0 Å². The van der Waals surface area contributed by atoms with Gasteiger partial charge in [-0.05, 0) is 177 Å². The molecule has 5 aromatic carbocycles. The van der Waals surface area contributed by atoms with Gasteiger partial charge in [-0.25, -0.2) is 19.9 Å². The number of rotatable bonds is 23. The highest BCUT2D eigenvalue weighted by molar-refractivity contribution is 6.03. The van der Waals surface area contributed by atoms with Gasteiger partial charge in [0.25, 0.3) is 0 Å². The smallest absolute Gasteiger partial charge is 0.227 e. The summed E-state index contributed by atoms with van der Waals surface area (Å²) < 4.78 is 0. The summed E-state index contributed by atoms with van der Waals surface area (Å²) >= 11 is 0. The molecule has 2 saturated carbocycles. The van der Waals surface area contributed by atoms with Gasteiger partial charge in [0.05, 0.1) is 134 Å². The Balaban J connectivity index is 0.000000109. The van der Waals surface area contributed by atoms with Crippen LogP contribution in [0.2, 0.25) is 0 Å². The number of nitrogens with zero attached hydrogens (tertiary/aromatic N) is 22. The molecule has 0 spiro atoms. The number of anilines is 5. The second-order valence-corrected chi connectivity index (χ2v) is 39.3. The van der Waals surface area contributed by atoms with E-state index in [0.717, 1.165) is 331 Å². The fraction of sp³-hybridized carbons (Fsp3) is 0.286. The largest absolute Gasteiger partial charge is 0.366 e. The molecule has 3 aliphatic heterocycles. The molecule has 26 rings (SSSR count). The van der Waals surface area contributed by atoms with E-state index in [9.17, 15) is 9.59 Å². The lowest BCUT2D eigenvalue weighted by atomic mass is 9.88. The molecule has 36 heteroatoms. The zero-order chi connectivity index (χ0) is 99.9. The highest BCUT2D eigenvalue weighted by atomic mass is 16.2. The lowest BCUT2D eigenvalue weighted by molar-refractivity contribution is -0.120. The van der Waals surface area contributed by atoms with Crippen molar-refractivity contribution >= 4 is 128 Å². The summed E-state index contributed by atoms with van der Waals surface area (Å²) in [5, 5.41) is 48.0. The van der Waals surface area contributed by atoms with Crippen molar-refractivity contribution in [3.05, 3.63) is 249 Å². The number of hydrogen-bond donors (Lipinski definition) is 12. The van der Waals surface area contributed by atoms with Crippen LogP contribution in [0.3, 0.4) is 0 Å². The van der Waals surface area contributed by atoms with Crippen molar-refractivity contribution in [2.75, 3.05) is 132 Å². The van der Waals surface area contributed by atoms with Crippen molar-refractivity contribution in [2.24, 2.45) is 11.8 Å². The first-order valence-corrected chi connectivity index (χ1v) is 51.2. The van der Waals surface area contributed by atoms with Gasteiger partial charge in [-0.2, -0.15) is 20.4 Å². The number of benzene rings is 5. The predicted octanol–water partition coefficient (Wildman–Crippen LogP) is 17.9. The second-order valence-electron chi connectivity index (χ2n) is 39.3. The fourth-order valence-electron chi connectivity index (χ4n) is 20.7. The van der Waals surface area contributed by atoms with E-state index in [1.165, 1.54) is 43.2 Å². The number of carbonyl (C=O) groups is 2. The van der Waals surface area contributed by atoms with Crippen molar-refractivity contribution in [3.63, 3.8) is 0 Å². The van der Waals surface area contributed by atoms with E-state index in [-0.39, 0.29) is 17.7 Å². The summed E-state index contributed by atoms with van der Waals surface area (Å²) in [6.07, 6.45) is 40.7. The van der Waals surface area contributed by atoms with Gasteiger partial charge < -0.3 is 70.6 Å². The molecule has 0 radical (unpaired) electrons. The van der Waals surface area contributed by atoms with Gasteiger partial charge in [0.2, 0.25) is 11.8 Å². The van der Waals surface area contributed by atoms with Crippen LogP contribution in [0.1, 0.15) is 87.8 Å². The van der Waals surface area contributed by atoms with Crippen molar-refractivity contribution in [1.29, 1.82) is 0 Å². The third kappa shape index (κ3) is 20.8. The average molecular weight is 1970 g/mol. The van der Waals surface area contributed by atoms with E-state index < -0.39 is 0 Å². The van der Waals surface area contributed by atoms with Crippen LogP contribution in [0.25, 0.3) is 178 Å². The Morgan fingerprint density at radius 1 is 0.331 bits per heavy atom. The Bertz CT molecular complexity index is 8270. The van der Waals surface area contributed by atoms with Crippen molar-refractivity contribution < 1.29 is 9.59 Å². The second kappa shape index (κ2) is 42.9. The van der Waals surface area contributed by atoms with Crippen LogP contribution in [0.4, 0.5) is 28.4 Å². The molecule has 36 nitrogen and oxygen atoms in total. The van der Waals surface area contributed by atoms with Gasteiger partial charge in [0, 0.05) is 198 Å². The monoisotopic (exact) mass is 1970 g/mol. The highest BCUT2D eigenvalue weighted by Gasteiger charge is 2.29. The quantitative estimate of drug-likeness (QED) is 0.0283. The van der Waals surface area contributed by atoms with Crippen LogP contribution < -0.4 is 36.0 Å². The minimum Gasteiger partial charge on any atom is -0.366 e. The fourth-order valence-corrected chi connectivity index (χ4v) is 20.7. The van der Waals surface area contributed by atoms with Crippen LogP contribution in [0, 0.1) is 11.8 Å². The van der Waals surface area contributed by atoms with E-state index in [1.807, 2.05) is 130 Å². The Labute approximate surface area is 852 Å². The number of nitrogens with one attached hydrogen (secondary N) is 12. The summed E-state index contributed by atoms with van der Waals surface area (Å²) in [6, 6.07) is 45.6. The van der Waals surface area contributed by atoms with Crippen LogP contribution in [-0.4, -0.2) is 253 Å². The highest BCUT2D eigenvalue weighted by Crippen LogP contribution is 2.41. The van der Waals surface area contributed by atoms with Crippen LogP contribution in [0.15, 0.2) is 233 Å². The SMILES string of the molecule is CCC(=O)Nc1cncc(-c2ccc3[nH]nc(-c4nc5ccncc5[nH]4)c3c2)c1.CN1CCN(c2cncc3[nH]c(-c4n[nH]c5ccc(-c6cncc(CNCC7CCCC7)c6)cc45)nc23)CC1.CN1CCN(c2cncc3[nH]c(-c4n[nH]c5ccc(-c6cncc(CNCc7ccccc7)c6)cc45)nc23)CC1.CN1CCN(c2cncc3[nH]c(-c4n[nH]c5ccc(-c6cncc(NC(=O)C7CCCCC7)c6)cc45)nc23)CC1. The van der Waals surface area contributed by atoms with Gasteiger partial charge >= 0.3 is 0 Å². The normalized spacial score (nSPS) is 15.2. The van der Waals surface area contributed by atoms with Crippen LogP contribution >= 0.6 is 0 Å². The van der Waals surface area contributed by atoms with Gasteiger partial charge in [0.15, 0.2) is 23.3 Å². The summed E-state index contributed by atoms with van der Waals surface area (Å²) in [7, 11) is 6.48. The minimum atomic E-state index is -0.0455. The van der Waals surface area contributed by atoms with E-state index in [2.05, 4.69) is 256 Å². The summed E-state index contributed by atoms with van der Waals surface area (Å²) in [5.41, 5.74) is 30.5. The first kappa shape index (κ1) is 94.8. The lowest BCUT2D eigenvalue weighted by Crippen LogP contribution is -2.44. The molecule has 19 heterocycles. The number of carbonyl (C=O) groups excluding carboxylic acids is 2. The topological polar surface area (TPSA) is 434 Å². The van der Waals surface area contributed by atoms with E-state index in [1.54, 1.807) is 31.0 Å². The average Bonchev–Trinajstić information content (AvgIpc) is 1.63. The number of amides is 2. The Hall–Kier alpha value is -16.8. The van der Waals surface area contributed by atoms with Gasteiger partial charge in [-0.1, -0.05) is 93.6 Å². The van der Waals surface area contributed by atoms with Gasteiger partial charge in [-0.3, -0.25) is 69.9 Å². The lowest BCUT2D eigenvalue weighted by Gasteiger charge is -2.33. The Kier molecular flexibility index (Phi) is 27.4. The molecular weight excluding hydrogens is 1850 g/mol. The molecular formula is C112H116N34O2. The molecule has 21 aromatic rings. The number of piperazine rings is 3. The molecule has 3 saturated heterocycles. The summed E-state index contributed by atoms with van der Waals surface area (Å²) in [6.45, 7) is 17.2. The molecule has 2 aliphatic carbocycles. The van der Waals surface area contributed by atoms with Crippen molar-refractivity contribution in [2.45, 2.75) is 90.8 Å². The summed E-state index contributed by atoms with van der Waals surface area (Å²) in [4.78, 5) is 107. The maximum absolute atomic E-state index is 12.8. The number of pyridine rings is 8. The number of hydrogen-bond acceptors (Lipinski definition) is 26. The first-order valence-electron chi connectivity index (χ1n) is 51.2. The van der Waals surface area contributed by atoms with Crippen LogP contribution in [-0.2, 0) is 29.2 Å². The van der Waals surface area contributed by atoms with Gasteiger partial charge in [0.1, 0.15) is 39.3 Å². The number of H-pyrrole nitrogens is 8. The first-order chi connectivity index (χ1) is 72.7. The molecule has 16 aromatic heterocycles. The zero-order valence-electron chi connectivity index (χ0n) is 83.1. The molecule has 148 heavy (non-hydrogen) atoms. The number of aromatic nitrogens is 24. The minimum absolute atomic E-state index is 0.0455. The predicted molar refractivity (Wildman–Crippen MR) is 583 cm³/mol. The van der Waals surface area contributed by atoms with E-state index >= 15 is 0 Å². The third-order valence-electron chi connectivity index (χ3n) is 29.1. The zero-order valence-corrected chi connectivity index (χ0v) is 83.1. The molecule has 746 valence electrons. The molecule has 0 bridgehead atoms.